The molecule has 0 aliphatic carbocycles. The third-order valence-electron chi connectivity index (χ3n) is 3.05. The van der Waals surface area contributed by atoms with E-state index in [0.29, 0.717) is 12.5 Å². The second-order valence-electron chi connectivity index (χ2n) is 5.50. The van der Waals surface area contributed by atoms with Crippen molar-refractivity contribution in [1.29, 1.82) is 0 Å². The van der Waals surface area contributed by atoms with Crippen LogP contribution in [0.25, 0.3) is 0 Å². The van der Waals surface area contributed by atoms with E-state index in [4.69, 9.17) is 10.5 Å². The Morgan fingerprint density at radius 1 is 1.09 bits per heavy atom. The van der Waals surface area contributed by atoms with Gasteiger partial charge in [0.05, 0.1) is 12.6 Å². The fourth-order valence-electron chi connectivity index (χ4n) is 1.95. The Hall–Kier alpha value is -1.76. The van der Waals surface area contributed by atoms with E-state index in [2.05, 4.69) is 10.3 Å². The van der Waals surface area contributed by atoms with Crippen molar-refractivity contribution >= 4 is 35.6 Å². The first kappa shape index (κ1) is 19.3. The molecule has 2 aromatic rings. The van der Waals surface area contributed by atoms with Crippen LogP contribution >= 0.6 is 24.0 Å². The van der Waals surface area contributed by atoms with Gasteiger partial charge in [0.15, 0.2) is 5.96 Å². The van der Waals surface area contributed by atoms with Crippen molar-refractivity contribution < 1.29 is 4.74 Å². The van der Waals surface area contributed by atoms with Crippen LogP contribution in [0, 0.1) is 6.92 Å². The van der Waals surface area contributed by atoms with Gasteiger partial charge in [0.25, 0.3) is 0 Å². The van der Waals surface area contributed by atoms with E-state index in [-0.39, 0.29) is 30.1 Å². The Morgan fingerprint density at radius 2 is 1.70 bits per heavy atom. The van der Waals surface area contributed by atoms with Crippen LogP contribution in [0.3, 0.4) is 0 Å². The fraction of sp³-hybridized carbons (Fsp3) is 0.278. The number of nitrogens with one attached hydrogen (secondary N) is 1. The van der Waals surface area contributed by atoms with E-state index in [1.807, 2.05) is 69.3 Å². The number of hydrogen-bond acceptors (Lipinski definition) is 2. The summed E-state index contributed by atoms with van der Waals surface area (Å²) in [6.45, 7) is 6.60. The second-order valence-corrected chi connectivity index (χ2v) is 5.50. The minimum absolute atomic E-state index is 0. The highest BCUT2D eigenvalue weighted by molar-refractivity contribution is 14.0. The maximum atomic E-state index is 5.90. The molecular formula is C18H24IN3O. The zero-order valence-corrected chi connectivity index (χ0v) is 16.1. The minimum Gasteiger partial charge on any atom is -0.491 e. The molecule has 2 aromatic carbocycles. The average molecular weight is 425 g/mol. The van der Waals surface area contributed by atoms with Crippen LogP contribution in [-0.2, 0) is 6.54 Å². The average Bonchev–Trinajstić information content (AvgIpc) is 2.48. The van der Waals surface area contributed by atoms with Gasteiger partial charge in [-0.2, -0.15) is 0 Å². The van der Waals surface area contributed by atoms with Crippen molar-refractivity contribution in [2.24, 2.45) is 10.7 Å². The van der Waals surface area contributed by atoms with Gasteiger partial charge in [-0.05, 0) is 50.6 Å². The lowest BCUT2D eigenvalue weighted by Crippen LogP contribution is -2.22. The quantitative estimate of drug-likeness (QED) is 0.426. The number of nitrogens with zero attached hydrogens (tertiary/aromatic N) is 1. The van der Waals surface area contributed by atoms with Gasteiger partial charge in [-0.15, -0.1) is 24.0 Å². The number of halogens is 1. The molecular weight excluding hydrogens is 401 g/mol. The van der Waals surface area contributed by atoms with E-state index in [1.165, 1.54) is 5.56 Å². The Bertz CT molecular complexity index is 622. The molecule has 2 rings (SSSR count). The van der Waals surface area contributed by atoms with Crippen LogP contribution in [0.4, 0.5) is 5.69 Å². The van der Waals surface area contributed by atoms with Gasteiger partial charge in [0.2, 0.25) is 0 Å². The van der Waals surface area contributed by atoms with E-state index < -0.39 is 0 Å². The molecule has 5 heteroatoms. The molecule has 0 unspecified atom stereocenters. The van der Waals surface area contributed by atoms with Gasteiger partial charge in [-0.1, -0.05) is 29.8 Å². The second kappa shape index (κ2) is 9.39. The van der Waals surface area contributed by atoms with Crippen LogP contribution in [0.2, 0.25) is 0 Å². The number of nitrogens with two attached hydrogens (primary N) is 1. The number of ether oxygens (including phenoxy) is 1. The van der Waals surface area contributed by atoms with Gasteiger partial charge in [-0.25, -0.2) is 4.99 Å². The monoisotopic (exact) mass is 425 g/mol. The third-order valence-corrected chi connectivity index (χ3v) is 3.05. The van der Waals surface area contributed by atoms with E-state index in [1.54, 1.807) is 0 Å². The minimum atomic E-state index is 0. The van der Waals surface area contributed by atoms with Gasteiger partial charge in [-0.3, -0.25) is 0 Å². The predicted octanol–water partition coefficient (Wildman–Crippen LogP) is 4.33. The third kappa shape index (κ3) is 6.90. The first-order chi connectivity index (χ1) is 10.5. The normalized spacial score (nSPS) is 11.0. The zero-order valence-electron chi connectivity index (χ0n) is 13.7. The maximum Gasteiger partial charge on any atom is 0.193 e. The van der Waals surface area contributed by atoms with Crippen LogP contribution < -0.4 is 15.8 Å². The lowest BCUT2D eigenvalue weighted by Gasteiger charge is -2.10. The highest BCUT2D eigenvalue weighted by atomic mass is 127. The summed E-state index contributed by atoms with van der Waals surface area (Å²) >= 11 is 0. The Balaban J connectivity index is 0.00000264. The number of aliphatic imine (C=N–C) groups is 1. The smallest absolute Gasteiger partial charge is 0.193 e. The lowest BCUT2D eigenvalue weighted by molar-refractivity contribution is 0.242. The number of anilines is 1. The van der Waals surface area contributed by atoms with Crippen molar-refractivity contribution in [2.45, 2.75) is 33.4 Å². The van der Waals surface area contributed by atoms with Gasteiger partial charge < -0.3 is 15.8 Å². The summed E-state index contributed by atoms with van der Waals surface area (Å²) in [5, 5.41) is 3.08. The molecule has 0 aromatic heterocycles. The lowest BCUT2D eigenvalue weighted by atomic mass is 10.2. The Labute approximate surface area is 155 Å². The van der Waals surface area contributed by atoms with Gasteiger partial charge in [0.1, 0.15) is 5.75 Å². The summed E-state index contributed by atoms with van der Waals surface area (Å²) in [6.07, 6.45) is 0.179. The molecule has 0 saturated carbocycles. The number of hydrogen-bond donors (Lipinski definition) is 2. The van der Waals surface area contributed by atoms with Crippen LogP contribution in [0.1, 0.15) is 25.0 Å². The molecule has 0 saturated heterocycles. The van der Waals surface area contributed by atoms with Gasteiger partial charge >= 0.3 is 0 Å². The molecule has 23 heavy (non-hydrogen) atoms. The largest absolute Gasteiger partial charge is 0.491 e. The summed E-state index contributed by atoms with van der Waals surface area (Å²) < 4.78 is 5.61. The standard InChI is InChI=1S/C18H23N3O.HI/c1-13(2)22-17-10-6-15(7-11-17)12-20-18(19)21-16-8-4-14(3)5-9-16;/h4-11,13H,12H2,1-3H3,(H3,19,20,21);1H. The van der Waals surface area contributed by atoms with E-state index in [9.17, 15) is 0 Å². The summed E-state index contributed by atoms with van der Waals surface area (Å²) in [6, 6.07) is 15.9. The van der Waals surface area contributed by atoms with Crippen LogP contribution in [0.5, 0.6) is 5.75 Å². The first-order valence-electron chi connectivity index (χ1n) is 7.42. The van der Waals surface area contributed by atoms with E-state index in [0.717, 1.165) is 17.0 Å². The van der Waals surface area contributed by atoms with Crippen LogP contribution in [0.15, 0.2) is 53.5 Å². The molecule has 0 heterocycles. The van der Waals surface area contributed by atoms with Crippen molar-refractivity contribution in [2.75, 3.05) is 5.32 Å². The summed E-state index contributed by atoms with van der Waals surface area (Å²) in [7, 11) is 0. The summed E-state index contributed by atoms with van der Waals surface area (Å²) in [4.78, 5) is 4.35. The molecule has 0 aliphatic rings. The topological polar surface area (TPSA) is 59.6 Å². The van der Waals surface area contributed by atoms with Crippen LogP contribution in [-0.4, -0.2) is 12.1 Å². The van der Waals surface area contributed by atoms with Crippen molar-refractivity contribution in [3.8, 4) is 5.75 Å². The number of guanidine groups is 1. The first-order valence-corrected chi connectivity index (χ1v) is 7.42. The molecule has 124 valence electrons. The zero-order chi connectivity index (χ0) is 15.9. The predicted molar refractivity (Wildman–Crippen MR) is 108 cm³/mol. The molecule has 0 bridgehead atoms. The molecule has 0 aliphatic heterocycles. The molecule has 3 N–H and O–H groups in total. The molecule has 4 nitrogen and oxygen atoms in total. The molecule has 0 amide bonds. The highest BCUT2D eigenvalue weighted by Gasteiger charge is 1.99. The number of benzene rings is 2. The fourth-order valence-corrected chi connectivity index (χ4v) is 1.95. The molecule has 0 radical (unpaired) electrons. The summed E-state index contributed by atoms with van der Waals surface area (Å²) in [5.41, 5.74) is 9.14. The van der Waals surface area contributed by atoms with Crippen molar-refractivity contribution in [3.63, 3.8) is 0 Å². The summed E-state index contributed by atoms with van der Waals surface area (Å²) in [5.74, 6) is 1.28. The molecule has 0 fully saturated rings. The highest BCUT2D eigenvalue weighted by Crippen LogP contribution is 2.14. The van der Waals surface area contributed by atoms with E-state index >= 15 is 0 Å². The number of rotatable bonds is 5. The van der Waals surface area contributed by atoms with Gasteiger partial charge in [0, 0.05) is 5.69 Å². The number of aryl methyl sites for hydroxylation is 1. The van der Waals surface area contributed by atoms with Crippen molar-refractivity contribution in [1.82, 2.24) is 0 Å². The Kier molecular flexibility index (Phi) is 7.88. The SMILES string of the molecule is Cc1ccc(NC(N)=NCc2ccc(OC(C)C)cc2)cc1.I. The maximum absolute atomic E-state index is 5.90. The molecule has 0 atom stereocenters. The van der Waals surface area contributed by atoms with Crippen molar-refractivity contribution in [3.05, 3.63) is 59.7 Å². The molecule has 0 spiro atoms. The Morgan fingerprint density at radius 3 is 2.26 bits per heavy atom.